The van der Waals surface area contributed by atoms with Crippen LogP contribution in [0.4, 0.5) is 0 Å². The molecule has 1 rings (SSSR count). The highest BCUT2D eigenvalue weighted by molar-refractivity contribution is 4.70. The van der Waals surface area contributed by atoms with E-state index in [-0.39, 0.29) is 6.10 Å². The molecule has 33 heavy (non-hydrogen) atoms. The average Bonchev–Trinajstić information content (AvgIpc) is 2.83. The van der Waals surface area contributed by atoms with Crippen molar-refractivity contribution in [3.05, 3.63) is 0 Å². The lowest BCUT2D eigenvalue weighted by atomic mass is 10.0. The quantitative estimate of drug-likeness (QED) is 0.136. The summed E-state index contributed by atoms with van der Waals surface area (Å²) in [5.74, 6) is 0. The maximum absolute atomic E-state index is 9.56. The second-order valence-electron chi connectivity index (χ2n) is 11.2. The Labute approximate surface area is 209 Å². The van der Waals surface area contributed by atoms with Crippen LogP contribution in [0.5, 0.6) is 0 Å². The van der Waals surface area contributed by atoms with Gasteiger partial charge in [-0.25, -0.2) is 0 Å². The van der Waals surface area contributed by atoms with E-state index in [2.05, 4.69) is 11.8 Å². The number of aliphatic hydroxyl groups excluding tert-OH is 1. The van der Waals surface area contributed by atoms with Crippen LogP contribution in [0.25, 0.3) is 0 Å². The fraction of sp³-hybridized carbons (Fsp3) is 1.00. The molecule has 0 atom stereocenters. The third kappa shape index (κ3) is 22.1. The SMILES string of the molecule is CCCCCCCCCCCCCCCCCCCCCCCCCCN1CCC(O)CC1. The Morgan fingerprint density at radius 2 is 0.727 bits per heavy atom. The molecule has 2 nitrogen and oxygen atoms in total. The summed E-state index contributed by atoms with van der Waals surface area (Å²) in [5.41, 5.74) is 0. The van der Waals surface area contributed by atoms with E-state index in [4.69, 9.17) is 0 Å². The summed E-state index contributed by atoms with van der Waals surface area (Å²) in [7, 11) is 0. The molecule has 1 fully saturated rings. The molecular formula is C31H63NO. The zero-order chi connectivity index (χ0) is 23.7. The highest BCUT2D eigenvalue weighted by Crippen LogP contribution is 2.16. The van der Waals surface area contributed by atoms with Crippen molar-refractivity contribution in [3.8, 4) is 0 Å². The molecular weight excluding hydrogens is 402 g/mol. The summed E-state index contributed by atoms with van der Waals surface area (Å²) in [4.78, 5) is 2.55. The van der Waals surface area contributed by atoms with Gasteiger partial charge in [-0.1, -0.05) is 155 Å². The number of unbranched alkanes of at least 4 members (excludes halogenated alkanes) is 23. The lowest BCUT2D eigenvalue weighted by molar-refractivity contribution is 0.0817. The Bertz CT molecular complexity index is 364. The number of nitrogens with zero attached hydrogens (tertiary/aromatic N) is 1. The van der Waals surface area contributed by atoms with Crippen molar-refractivity contribution < 1.29 is 5.11 Å². The molecule has 0 amide bonds. The highest BCUT2D eigenvalue weighted by Gasteiger charge is 2.15. The van der Waals surface area contributed by atoms with Gasteiger partial charge in [0.1, 0.15) is 0 Å². The maximum atomic E-state index is 9.56. The van der Waals surface area contributed by atoms with Crippen LogP contribution < -0.4 is 0 Å². The molecule has 0 aromatic carbocycles. The molecule has 0 saturated carbocycles. The lowest BCUT2D eigenvalue weighted by Gasteiger charge is -2.29. The Morgan fingerprint density at radius 1 is 0.455 bits per heavy atom. The summed E-state index contributed by atoms with van der Waals surface area (Å²) < 4.78 is 0. The molecule has 0 bridgehead atoms. The van der Waals surface area contributed by atoms with Crippen LogP contribution in [-0.2, 0) is 0 Å². The van der Waals surface area contributed by atoms with Crippen molar-refractivity contribution >= 4 is 0 Å². The van der Waals surface area contributed by atoms with Gasteiger partial charge in [-0.15, -0.1) is 0 Å². The Kier molecular flexibility index (Phi) is 23.5. The van der Waals surface area contributed by atoms with Gasteiger partial charge < -0.3 is 10.0 Å². The first-order valence-electron chi connectivity index (χ1n) is 15.7. The zero-order valence-electron chi connectivity index (χ0n) is 23.0. The van der Waals surface area contributed by atoms with Gasteiger partial charge >= 0.3 is 0 Å². The van der Waals surface area contributed by atoms with Crippen LogP contribution in [0.1, 0.15) is 174 Å². The van der Waals surface area contributed by atoms with Crippen molar-refractivity contribution in [3.63, 3.8) is 0 Å². The van der Waals surface area contributed by atoms with Crippen molar-refractivity contribution in [2.75, 3.05) is 19.6 Å². The molecule has 0 unspecified atom stereocenters. The number of rotatable bonds is 25. The maximum Gasteiger partial charge on any atom is 0.0564 e. The van der Waals surface area contributed by atoms with E-state index in [1.165, 1.54) is 161 Å². The van der Waals surface area contributed by atoms with Gasteiger partial charge in [-0.2, -0.15) is 0 Å². The highest BCUT2D eigenvalue weighted by atomic mass is 16.3. The van der Waals surface area contributed by atoms with Gasteiger partial charge in [0.25, 0.3) is 0 Å². The summed E-state index contributed by atoms with van der Waals surface area (Å²) in [6, 6.07) is 0. The number of aliphatic hydroxyl groups is 1. The van der Waals surface area contributed by atoms with Crippen molar-refractivity contribution in [2.45, 2.75) is 180 Å². The summed E-state index contributed by atoms with van der Waals surface area (Å²) in [5, 5.41) is 9.56. The second kappa shape index (κ2) is 25.0. The number of likely N-dealkylation sites (tertiary alicyclic amines) is 1. The van der Waals surface area contributed by atoms with Crippen LogP contribution in [-0.4, -0.2) is 35.7 Å². The fourth-order valence-corrected chi connectivity index (χ4v) is 5.44. The molecule has 0 aliphatic carbocycles. The topological polar surface area (TPSA) is 23.5 Å². The molecule has 1 aliphatic rings. The number of hydrogen-bond donors (Lipinski definition) is 1. The monoisotopic (exact) mass is 465 g/mol. The minimum absolute atomic E-state index is 0.0273. The molecule has 2 heteroatoms. The first-order chi connectivity index (χ1) is 16.3. The molecule has 1 aliphatic heterocycles. The predicted octanol–water partition coefficient (Wildman–Crippen LogP) is 9.83. The first-order valence-corrected chi connectivity index (χ1v) is 15.7. The Morgan fingerprint density at radius 3 is 1.03 bits per heavy atom. The molecule has 0 spiro atoms. The fourth-order valence-electron chi connectivity index (χ4n) is 5.44. The van der Waals surface area contributed by atoms with E-state index in [1.54, 1.807) is 0 Å². The third-order valence-corrected chi connectivity index (χ3v) is 7.88. The largest absolute Gasteiger partial charge is 0.393 e. The summed E-state index contributed by atoms with van der Waals surface area (Å²) in [6.45, 7) is 5.78. The lowest BCUT2D eigenvalue weighted by Crippen LogP contribution is -2.36. The van der Waals surface area contributed by atoms with E-state index in [0.29, 0.717) is 0 Å². The van der Waals surface area contributed by atoms with E-state index in [9.17, 15) is 5.11 Å². The van der Waals surface area contributed by atoms with Crippen molar-refractivity contribution in [2.24, 2.45) is 0 Å². The summed E-state index contributed by atoms with van der Waals surface area (Å²) in [6.07, 6.45) is 36.9. The average molecular weight is 466 g/mol. The first kappa shape index (κ1) is 31.0. The van der Waals surface area contributed by atoms with Crippen LogP contribution in [0.15, 0.2) is 0 Å². The molecule has 0 aromatic heterocycles. The molecule has 1 N–H and O–H groups in total. The molecule has 198 valence electrons. The van der Waals surface area contributed by atoms with E-state index in [0.717, 1.165) is 25.9 Å². The van der Waals surface area contributed by atoms with E-state index in [1.807, 2.05) is 0 Å². The predicted molar refractivity (Wildman–Crippen MR) is 148 cm³/mol. The van der Waals surface area contributed by atoms with Gasteiger partial charge in [0.05, 0.1) is 6.10 Å². The molecule has 1 heterocycles. The molecule has 1 saturated heterocycles. The molecule has 0 radical (unpaired) electrons. The summed E-state index contributed by atoms with van der Waals surface area (Å²) >= 11 is 0. The van der Waals surface area contributed by atoms with Gasteiger partial charge in [-0.05, 0) is 25.8 Å². The Hall–Kier alpha value is -0.0800. The third-order valence-electron chi connectivity index (χ3n) is 7.88. The normalized spacial score (nSPS) is 15.5. The Balaban J connectivity index is 1.63. The van der Waals surface area contributed by atoms with Gasteiger partial charge in [0, 0.05) is 13.1 Å². The van der Waals surface area contributed by atoms with Crippen LogP contribution >= 0.6 is 0 Å². The van der Waals surface area contributed by atoms with Gasteiger partial charge in [0.2, 0.25) is 0 Å². The second-order valence-corrected chi connectivity index (χ2v) is 11.2. The van der Waals surface area contributed by atoms with Crippen molar-refractivity contribution in [1.29, 1.82) is 0 Å². The van der Waals surface area contributed by atoms with Crippen molar-refractivity contribution in [1.82, 2.24) is 4.90 Å². The standard InChI is InChI=1S/C31H63NO/c1-2-3-4-5-6-7-8-9-10-11-12-13-14-15-16-17-18-19-20-21-22-23-24-25-28-32-29-26-31(33)27-30-32/h31,33H,2-30H2,1H3. The minimum atomic E-state index is -0.0273. The van der Waals surface area contributed by atoms with Gasteiger partial charge in [-0.3, -0.25) is 0 Å². The minimum Gasteiger partial charge on any atom is -0.393 e. The van der Waals surface area contributed by atoms with Gasteiger partial charge in [0.15, 0.2) is 0 Å². The number of hydrogen-bond acceptors (Lipinski definition) is 2. The van der Waals surface area contributed by atoms with Crippen LogP contribution in [0.3, 0.4) is 0 Å². The molecule has 0 aromatic rings. The zero-order valence-corrected chi connectivity index (χ0v) is 23.0. The van der Waals surface area contributed by atoms with E-state index < -0.39 is 0 Å². The smallest absolute Gasteiger partial charge is 0.0564 e. The van der Waals surface area contributed by atoms with Crippen LogP contribution in [0, 0.1) is 0 Å². The number of piperidine rings is 1. The van der Waals surface area contributed by atoms with E-state index >= 15 is 0 Å². The van der Waals surface area contributed by atoms with Crippen LogP contribution in [0.2, 0.25) is 0 Å².